The Bertz CT molecular complexity index is 386. The third-order valence-electron chi connectivity index (χ3n) is 2.29. The molecule has 114 valence electrons. The molecule has 2 atom stereocenters. The van der Waals surface area contributed by atoms with Gasteiger partial charge < -0.3 is 32.3 Å². The van der Waals surface area contributed by atoms with Crippen molar-refractivity contribution in [1.29, 1.82) is 0 Å². The summed E-state index contributed by atoms with van der Waals surface area (Å²) in [6.07, 6.45) is -0.658. The van der Waals surface area contributed by atoms with Crippen molar-refractivity contribution < 1.29 is 29.4 Å². The second-order valence-electron chi connectivity index (χ2n) is 3.95. The summed E-state index contributed by atoms with van der Waals surface area (Å²) < 4.78 is 0. The molecule has 0 heterocycles. The second-order valence-corrected chi connectivity index (χ2v) is 3.95. The van der Waals surface area contributed by atoms with Crippen molar-refractivity contribution in [3.8, 4) is 0 Å². The standard InChI is InChI=1S/C10H18N4O6/c11-3-5(12)9(18)13-4-7(15)14-6(10(19)20)1-2-8(16)17/h5-6H,1-4,11-12H2,(H,13,18)(H,14,15)(H,16,17)(H,19,20)/t5-,6+/m0/s1. The van der Waals surface area contributed by atoms with Crippen LogP contribution in [0.25, 0.3) is 0 Å². The van der Waals surface area contributed by atoms with Crippen LogP contribution in [0.15, 0.2) is 0 Å². The Labute approximate surface area is 114 Å². The van der Waals surface area contributed by atoms with Gasteiger partial charge in [0.15, 0.2) is 0 Å². The summed E-state index contributed by atoms with van der Waals surface area (Å²) in [6, 6.07) is -2.29. The van der Waals surface area contributed by atoms with Crippen LogP contribution in [0.1, 0.15) is 12.8 Å². The molecular weight excluding hydrogens is 272 g/mol. The second kappa shape index (κ2) is 8.82. The van der Waals surface area contributed by atoms with E-state index in [0.717, 1.165) is 0 Å². The number of hydrogen-bond acceptors (Lipinski definition) is 6. The number of amides is 2. The Morgan fingerprint density at radius 1 is 1.15 bits per heavy atom. The number of rotatable bonds is 9. The van der Waals surface area contributed by atoms with E-state index in [1.165, 1.54) is 0 Å². The van der Waals surface area contributed by atoms with Crippen LogP contribution in [0.2, 0.25) is 0 Å². The number of aliphatic carboxylic acids is 2. The Balaban J connectivity index is 4.23. The lowest BCUT2D eigenvalue weighted by Crippen LogP contribution is -2.50. The molecule has 2 amide bonds. The lowest BCUT2D eigenvalue weighted by Gasteiger charge is -2.14. The summed E-state index contributed by atoms with van der Waals surface area (Å²) in [5.74, 6) is -3.93. The van der Waals surface area contributed by atoms with Crippen LogP contribution in [-0.2, 0) is 19.2 Å². The Kier molecular flexibility index (Phi) is 7.85. The van der Waals surface area contributed by atoms with Gasteiger partial charge in [-0.15, -0.1) is 0 Å². The van der Waals surface area contributed by atoms with E-state index in [4.69, 9.17) is 21.7 Å². The van der Waals surface area contributed by atoms with Gasteiger partial charge in [-0.25, -0.2) is 4.79 Å². The fraction of sp³-hybridized carbons (Fsp3) is 0.600. The molecule has 0 aliphatic carbocycles. The monoisotopic (exact) mass is 290 g/mol. The van der Waals surface area contributed by atoms with Gasteiger partial charge in [-0.2, -0.15) is 0 Å². The molecule has 0 saturated carbocycles. The minimum absolute atomic E-state index is 0.0934. The first kappa shape index (κ1) is 17.8. The molecule has 0 aliphatic heterocycles. The molecule has 0 aromatic heterocycles. The number of hydrogen-bond donors (Lipinski definition) is 6. The first-order valence-electron chi connectivity index (χ1n) is 5.75. The third-order valence-corrected chi connectivity index (χ3v) is 2.29. The molecule has 20 heavy (non-hydrogen) atoms. The first-order valence-corrected chi connectivity index (χ1v) is 5.75. The maximum Gasteiger partial charge on any atom is 0.326 e. The van der Waals surface area contributed by atoms with E-state index >= 15 is 0 Å². The van der Waals surface area contributed by atoms with Crippen LogP contribution in [0.5, 0.6) is 0 Å². The maximum absolute atomic E-state index is 11.4. The smallest absolute Gasteiger partial charge is 0.326 e. The maximum atomic E-state index is 11.4. The van der Waals surface area contributed by atoms with Crippen molar-refractivity contribution in [2.75, 3.05) is 13.1 Å². The highest BCUT2D eigenvalue weighted by atomic mass is 16.4. The largest absolute Gasteiger partial charge is 0.481 e. The Morgan fingerprint density at radius 2 is 1.75 bits per heavy atom. The number of carboxylic acids is 2. The SMILES string of the molecule is NC[C@H](N)C(=O)NCC(=O)N[C@H](CCC(=O)O)C(=O)O. The third kappa shape index (κ3) is 7.28. The van der Waals surface area contributed by atoms with Crippen LogP contribution in [-0.4, -0.2) is 59.1 Å². The minimum Gasteiger partial charge on any atom is -0.481 e. The topological polar surface area (TPSA) is 185 Å². The fourth-order valence-electron chi connectivity index (χ4n) is 1.18. The van der Waals surface area contributed by atoms with Crippen molar-refractivity contribution in [2.45, 2.75) is 24.9 Å². The van der Waals surface area contributed by atoms with Crippen molar-refractivity contribution in [3.63, 3.8) is 0 Å². The number of carboxylic acid groups (broad SMARTS) is 2. The van der Waals surface area contributed by atoms with Crippen molar-refractivity contribution in [1.82, 2.24) is 10.6 Å². The average Bonchev–Trinajstić information content (AvgIpc) is 2.39. The van der Waals surface area contributed by atoms with Gasteiger partial charge in [-0.1, -0.05) is 0 Å². The zero-order valence-electron chi connectivity index (χ0n) is 10.7. The molecule has 0 saturated heterocycles. The molecule has 0 aromatic rings. The summed E-state index contributed by atoms with van der Waals surface area (Å²) >= 11 is 0. The van der Waals surface area contributed by atoms with E-state index in [2.05, 4.69) is 10.6 Å². The number of nitrogens with two attached hydrogens (primary N) is 2. The van der Waals surface area contributed by atoms with Gasteiger partial charge in [0.2, 0.25) is 11.8 Å². The van der Waals surface area contributed by atoms with E-state index in [1.807, 2.05) is 0 Å². The predicted molar refractivity (Wildman–Crippen MR) is 66.5 cm³/mol. The molecule has 0 fully saturated rings. The highest BCUT2D eigenvalue weighted by molar-refractivity contribution is 5.89. The van der Waals surface area contributed by atoms with Crippen molar-refractivity contribution >= 4 is 23.8 Å². The fourth-order valence-corrected chi connectivity index (χ4v) is 1.18. The van der Waals surface area contributed by atoms with Gasteiger partial charge in [-0.3, -0.25) is 14.4 Å². The first-order chi connectivity index (χ1) is 9.27. The Morgan fingerprint density at radius 3 is 2.20 bits per heavy atom. The Hall–Kier alpha value is -2.20. The van der Waals surface area contributed by atoms with E-state index in [9.17, 15) is 19.2 Å². The summed E-state index contributed by atoms with van der Waals surface area (Å²) in [5.41, 5.74) is 10.5. The normalized spacial score (nSPS) is 13.1. The lowest BCUT2D eigenvalue weighted by atomic mass is 10.1. The lowest BCUT2D eigenvalue weighted by molar-refractivity contribution is -0.142. The molecule has 0 rings (SSSR count). The molecular formula is C10H18N4O6. The highest BCUT2D eigenvalue weighted by Gasteiger charge is 2.21. The van der Waals surface area contributed by atoms with Crippen molar-refractivity contribution in [3.05, 3.63) is 0 Å². The summed E-state index contributed by atoms with van der Waals surface area (Å²) in [4.78, 5) is 43.8. The predicted octanol–water partition coefficient (Wildman–Crippen LogP) is -3.18. The van der Waals surface area contributed by atoms with Gasteiger partial charge in [0.05, 0.1) is 12.6 Å². The van der Waals surface area contributed by atoms with Gasteiger partial charge >= 0.3 is 11.9 Å². The molecule has 0 aliphatic rings. The molecule has 0 aromatic carbocycles. The highest BCUT2D eigenvalue weighted by Crippen LogP contribution is 1.97. The van der Waals surface area contributed by atoms with E-state index in [1.54, 1.807) is 0 Å². The molecule has 8 N–H and O–H groups in total. The average molecular weight is 290 g/mol. The zero-order chi connectivity index (χ0) is 15.7. The van der Waals surface area contributed by atoms with Crippen molar-refractivity contribution in [2.24, 2.45) is 11.5 Å². The summed E-state index contributed by atoms with van der Waals surface area (Å²) in [7, 11) is 0. The zero-order valence-corrected chi connectivity index (χ0v) is 10.7. The molecule has 10 nitrogen and oxygen atoms in total. The van der Waals surface area contributed by atoms with E-state index in [-0.39, 0.29) is 13.0 Å². The number of nitrogens with one attached hydrogen (secondary N) is 2. The number of carbonyl (C=O) groups excluding carboxylic acids is 2. The van der Waals surface area contributed by atoms with Crippen LogP contribution < -0.4 is 22.1 Å². The van der Waals surface area contributed by atoms with Crippen LogP contribution in [0.3, 0.4) is 0 Å². The number of carbonyl (C=O) groups is 4. The van der Waals surface area contributed by atoms with E-state index in [0.29, 0.717) is 0 Å². The van der Waals surface area contributed by atoms with Crippen LogP contribution >= 0.6 is 0 Å². The minimum atomic E-state index is -1.36. The van der Waals surface area contributed by atoms with Gasteiger partial charge in [0.25, 0.3) is 0 Å². The molecule has 0 bridgehead atoms. The molecule has 0 radical (unpaired) electrons. The summed E-state index contributed by atoms with van der Waals surface area (Å²) in [5, 5.41) is 21.5. The van der Waals surface area contributed by atoms with Gasteiger partial charge in [0.1, 0.15) is 6.04 Å². The van der Waals surface area contributed by atoms with Crippen LogP contribution in [0.4, 0.5) is 0 Å². The quantitative estimate of drug-likeness (QED) is 0.256. The molecule has 0 spiro atoms. The van der Waals surface area contributed by atoms with Gasteiger partial charge in [0, 0.05) is 13.0 Å². The molecule has 10 heteroatoms. The summed E-state index contributed by atoms with van der Waals surface area (Å²) in [6.45, 7) is -0.562. The molecule has 0 unspecified atom stereocenters. The van der Waals surface area contributed by atoms with E-state index < -0.39 is 48.8 Å². The van der Waals surface area contributed by atoms with Gasteiger partial charge in [-0.05, 0) is 6.42 Å². The van der Waals surface area contributed by atoms with Crippen LogP contribution in [0, 0.1) is 0 Å².